The van der Waals surface area contributed by atoms with E-state index < -0.39 is 0 Å². The number of rotatable bonds is 10. The first-order valence-electron chi connectivity index (χ1n) is 21.5. The van der Waals surface area contributed by atoms with E-state index in [0.717, 1.165) is 111 Å². The van der Waals surface area contributed by atoms with Gasteiger partial charge in [0.2, 0.25) is 0 Å². The first-order chi connectivity index (χ1) is 28.1. The third-order valence-electron chi connectivity index (χ3n) is 13.9. The maximum Gasteiger partial charge on any atom is 0.150 e. The van der Waals surface area contributed by atoms with Gasteiger partial charge in [0, 0.05) is 99.8 Å². The predicted octanol–water partition coefficient (Wildman–Crippen LogP) is 7.90. The Morgan fingerprint density at radius 2 is 1.23 bits per heavy atom. The molecule has 2 aromatic carbocycles. The lowest BCUT2D eigenvalue weighted by atomic mass is 9.89. The molecule has 4 saturated heterocycles. The number of aromatic nitrogens is 6. The van der Waals surface area contributed by atoms with E-state index in [1.165, 1.54) is 54.1 Å². The van der Waals surface area contributed by atoms with Crippen molar-refractivity contribution in [2.24, 2.45) is 23.7 Å². The zero-order chi connectivity index (χ0) is 37.9. The highest BCUT2D eigenvalue weighted by Gasteiger charge is 2.40. The second kappa shape index (κ2) is 14.5. The van der Waals surface area contributed by atoms with Crippen molar-refractivity contribution in [1.29, 1.82) is 0 Å². The van der Waals surface area contributed by atoms with Gasteiger partial charge in [-0.2, -0.15) is 0 Å². The van der Waals surface area contributed by atoms with E-state index in [0.29, 0.717) is 23.7 Å². The zero-order valence-corrected chi connectivity index (χ0v) is 33.0. The van der Waals surface area contributed by atoms with Crippen LogP contribution in [0, 0.1) is 23.7 Å². The van der Waals surface area contributed by atoms with Gasteiger partial charge in [-0.05, 0) is 91.7 Å². The molecule has 57 heavy (non-hydrogen) atoms. The third-order valence-corrected chi connectivity index (χ3v) is 13.9. The number of hydrogen-bond acceptors (Lipinski definition) is 10. The maximum absolute atomic E-state index is 5.20. The SMILES string of the molecule is CC(Cc1cc(N2CC(c3nccnc3N3CC4CCCC4C3)C2)nc2ccccc12)CC1CCN(c2nccnc2C2CN(c3ccc4ccccc4n3)C2)C1. The summed E-state index contributed by atoms with van der Waals surface area (Å²) in [5.74, 6) is 7.96. The molecule has 0 N–H and O–H groups in total. The fraction of sp³-hybridized carbons (Fsp3) is 0.447. The van der Waals surface area contributed by atoms with Crippen LogP contribution in [-0.4, -0.2) is 82.3 Å². The number of nitrogens with zero attached hydrogens (tertiary/aromatic N) is 10. The topological polar surface area (TPSA) is 90.3 Å². The van der Waals surface area contributed by atoms with Crippen LogP contribution in [0.25, 0.3) is 21.8 Å². The van der Waals surface area contributed by atoms with E-state index in [1.54, 1.807) is 0 Å². The number of benzene rings is 2. The maximum atomic E-state index is 5.20. The predicted molar refractivity (Wildman–Crippen MR) is 228 cm³/mol. The fourth-order valence-electron chi connectivity index (χ4n) is 10.9. The number of fused-ring (bicyclic) bond motifs is 3. The van der Waals surface area contributed by atoms with Crippen LogP contribution >= 0.6 is 0 Å². The normalized spacial score (nSPS) is 23.0. The van der Waals surface area contributed by atoms with Gasteiger partial charge in [-0.15, -0.1) is 0 Å². The summed E-state index contributed by atoms with van der Waals surface area (Å²) in [6.07, 6.45) is 15.1. The van der Waals surface area contributed by atoms with Crippen molar-refractivity contribution < 1.29 is 0 Å². The lowest BCUT2D eigenvalue weighted by molar-refractivity contribution is 0.415. The van der Waals surface area contributed by atoms with Crippen molar-refractivity contribution in [3.63, 3.8) is 0 Å². The molecule has 4 aliphatic heterocycles. The molecule has 1 aliphatic carbocycles. The number of hydrogen-bond donors (Lipinski definition) is 0. The van der Waals surface area contributed by atoms with Crippen LogP contribution in [0.15, 0.2) is 91.5 Å². The molecule has 290 valence electrons. The summed E-state index contributed by atoms with van der Waals surface area (Å²) in [4.78, 5) is 39.7. The monoisotopic (exact) mass is 756 g/mol. The zero-order valence-electron chi connectivity index (χ0n) is 33.0. The summed E-state index contributed by atoms with van der Waals surface area (Å²) in [6, 6.07) is 23.8. The van der Waals surface area contributed by atoms with E-state index in [4.69, 9.17) is 29.9 Å². The van der Waals surface area contributed by atoms with Crippen LogP contribution in [0.1, 0.15) is 67.8 Å². The fourth-order valence-corrected chi connectivity index (χ4v) is 10.9. The van der Waals surface area contributed by atoms with Gasteiger partial charge in [0.05, 0.1) is 22.4 Å². The Labute approximate surface area is 335 Å². The Kier molecular flexibility index (Phi) is 8.88. The Morgan fingerprint density at radius 1 is 0.596 bits per heavy atom. The molecule has 4 unspecified atom stereocenters. The van der Waals surface area contributed by atoms with Gasteiger partial charge in [-0.1, -0.05) is 49.7 Å². The Morgan fingerprint density at radius 3 is 1.98 bits per heavy atom. The van der Waals surface area contributed by atoms with Crippen molar-refractivity contribution in [2.45, 2.75) is 57.3 Å². The van der Waals surface area contributed by atoms with E-state index in [9.17, 15) is 0 Å². The Bertz CT molecular complexity index is 2390. The summed E-state index contributed by atoms with van der Waals surface area (Å²) in [7, 11) is 0. The van der Waals surface area contributed by atoms with E-state index >= 15 is 0 Å². The van der Waals surface area contributed by atoms with Crippen molar-refractivity contribution in [3.8, 4) is 0 Å². The van der Waals surface area contributed by atoms with Gasteiger partial charge >= 0.3 is 0 Å². The first kappa shape index (κ1) is 34.8. The molecule has 0 bridgehead atoms. The van der Waals surface area contributed by atoms with E-state index in [1.807, 2.05) is 24.8 Å². The lowest BCUT2D eigenvalue weighted by Crippen LogP contribution is -2.46. The van der Waals surface area contributed by atoms with Crippen LogP contribution in [-0.2, 0) is 6.42 Å². The quantitative estimate of drug-likeness (QED) is 0.138. The molecule has 4 aromatic heterocycles. The molecule has 0 radical (unpaired) electrons. The van der Waals surface area contributed by atoms with Crippen molar-refractivity contribution in [3.05, 3.63) is 108 Å². The van der Waals surface area contributed by atoms with Crippen molar-refractivity contribution >= 4 is 45.1 Å². The van der Waals surface area contributed by atoms with Crippen LogP contribution in [0.5, 0.6) is 0 Å². The third kappa shape index (κ3) is 6.60. The largest absolute Gasteiger partial charge is 0.355 e. The molecular weight excluding hydrogens is 705 g/mol. The molecule has 6 aromatic rings. The lowest BCUT2D eigenvalue weighted by Gasteiger charge is -2.41. The minimum absolute atomic E-state index is 0.364. The molecule has 5 aliphatic rings. The number of anilines is 4. The van der Waals surface area contributed by atoms with Crippen LogP contribution in [0.2, 0.25) is 0 Å². The highest BCUT2D eigenvalue weighted by Crippen LogP contribution is 2.42. The summed E-state index contributed by atoms with van der Waals surface area (Å²) < 4.78 is 0. The molecule has 11 rings (SSSR count). The average molecular weight is 757 g/mol. The molecule has 8 heterocycles. The second-order valence-electron chi connectivity index (χ2n) is 17.8. The number of para-hydroxylation sites is 2. The smallest absolute Gasteiger partial charge is 0.150 e. The van der Waals surface area contributed by atoms with Crippen molar-refractivity contribution in [2.75, 3.05) is 72.0 Å². The van der Waals surface area contributed by atoms with Gasteiger partial charge in [0.25, 0.3) is 0 Å². The second-order valence-corrected chi connectivity index (χ2v) is 17.8. The van der Waals surface area contributed by atoms with E-state index in [2.05, 4.69) is 93.3 Å². The minimum atomic E-state index is 0.364. The molecule has 10 heteroatoms. The van der Waals surface area contributed by atoms with Crippen molar-refractivity contribution in [1.82, 2.24) is 29.9 Å². The minimum Gasteiger partial charge on any atom is -0.355 e. The molecule has 10 nitrogen and oxygen atoms in total. The Balaban J connectivity index is 0.734. The van der Waals surface area contributed by atoms with Crippen LogP contribution < -0.4 is 19.6 Å². The van der Waals surface area contributed by atoms with Gasteiger partial charge in [-0.3, -0.25) is 9.97 Å². The number of pyridine rings is 2. The van der Waals surface area contributed by atoms with Crippen LogP contribution in [0.3, 0.4) is 0 Å². The Hall–Kier alpha value is -5.38. The molecule has 4 atom stereocenters. The summed E-state index contributed by atoms with van der Waals surface area (Å²) in [6.45, 7) is 10.5. The first-order valence-corrected chi connectivity index (χ1v) is 21.5. The summed E-state index contributed by atoms with van der Waals surface area (Å²) in [5.41, 5.74) is 5.87. The standard InChI is InChI=1S/C47H52N10/c1-31(21-32-15-20-54(24-32)46-44(48-16-18-50-46)37-27-55(28-37)42-14-13-33-7-2-4-11-40(33)52-42)22-36-23-43(53-41-12-5-3-10-39(36)41)56-29-38(30-56)45-47(51-19-17-49-45)57-25-34-8-6-9-35(34)26-57/h2-5,7,10-14,16-19,23,31-32,34-35,37-38H,6,8-9,15,20-22,24-30H2,1H3. The average Bonchev–Trinajstić information content (AvgIpc) is 3.95. The van der Waals surface area contributed by atoms with Gasteiger partial charge in [0.15, 0.2) is 11.6 Å². The molecule has 1 saturated carbocycles. The van der Waals surface area contributed by atoms with Gasteiger partial charge in [0.1, 0.15) is 11.6 Å². The molecule has 0 spiro atoms. The van der Waals surface area contributed by atoms with E-state index in [-0.39, 0.29) is 0 Å². The summed E-state index contributed by atoms with van der Waals surface area (Å²) in [5, 5.41) is 2.46. The highest BCUT2D eigenvalue weighted by atomic mass is 15.3. The highest BCUT2D eigenvalue weighted by molar-refractivity contribution is 5.84. The van der Waals surface area contributed by atoms with Gasteiger partial charge < -0.3 is 19.6 Å². The molecular formula is C47H52N10. The molecule has 0 amide bonds. The van der Waals surface area contributed by atoms with Crippen LogP contribution in [0.4, 0.5) is 23.3 Å². The van der Waals surface area contributed by atoms with Gasteiger partial charge in [-0.25, -0.2) is 19.9 Å². The molecule has 5 fully saturated rings. The summed E-state index contributed by atoms with van der Waals surface area (Å²) >= 11 is 0.